The Hall–Kier alpha value is -1.63. The Morgan fingerprint density at radius 1 is 1.41 bits per heavy atom. The number of amides is 1. The van der Waals surface area contributed by atoms with Crippen LogP contribution in [0.1, 0.15) is 36.7 Å². The molecule has 0 saturated heterocycles. The predicted molar refractivity (Wildman–Crippen MR) is 86.0 cm³/mol. The van der Waals surface area contributed by atoms with Crippen molar-refractivity contribution in [1.82, 2.24) is 15.5 Å². The van der Waals surface area contributed by atoms with Crippen molar-refractivity contribution in [3.63, 3.8) is 0 Å². The van der Waals surface area contributed by atoms with Gasteiger partial charge >= 0.3 is 0 Å². The Morgan fingerprint density at radius 2 is 2.05 bits per heavy atom. The molecule has 3 N–H and O–H groups in total. The van der Waals surface area contributed by atoms with Crippen molar-refractivity contribution in [3.8, 4) is 0 Å². The molecule has 0 saturated carbocycles. The second kappa shape index (κ2) is 8.12. The summed E-state index contributed by atoms with van der Waals surface area (Å²) < 4.78 is 4.99. The number of hydrogen-bond donors (Lipinski definition) is 2. The SMILES string of the molecule is Cc1nc(C(NC(=O)CC(C)N)c2ccc(Cl)cc2)no1.Cl. The minimum Gasteiger partial charge on any atom is -0.342 e. The zero-order valence-electron chi connectivity index (χ0n) is 12.2. The van der Waals surface area contributed by atoms with Crippen molar-refractivity contribution in [2.24, 2.45) is 5.73 Å². The van der Waals surface area contributed by atoms with Crippen LogP contribution in [0.5, 0.6) is 0 Å². The molecule has 2 unspecified atom stereocenters. The Bertz CT molecular complexity index is 614. The van der Waals surface area contributed by atoms with Crippen LogP contribution >= 0.6 is 24.0 Å². The third-order valence-corrected chi connectivity index (χ3v) is 3.07. The summed E-state index contributed by atoms with van der Waals surface area (Å²) in [6, 6.07) is 6.40. The van der Waals surface area contributed by atoms with Crippen LogP contribution in [0.25, 0.3) is 0 Å². The first-order valence-corrected chi connectivity index (χ1v) is 6.94. The lowest BCUT2D eigenvalue weighted by Crippen LogP contribution is -2.33. The summed E-state index contributed by atoms with van der Waals surface area (Å²) in [5, 5.41) is 7.36. The number of rotatable bonds is 5. The van der Waals surface area contributed by atoms with Crippen LogP contribution in [0.15, 0.2) is 28.8 Å². The van der Waals surface area contributed by atoms with Gasteiger partial charge in [0.1, 0.15) is 6.04 Å². The van der Waals surface area contributed by atoms with E-state index in [1.807, 2.05) is 12.1 Å². The van der Waals surface area contributed by atoms with Crippen molar-refractivity contribution >= 4 is 29.9 Å². The number of nitrogens with one attached hydrogen (secondary N) is 1. The third-order valence-electron chi connectivity index (χ3n) is 2.82. The van der Waals surface area contributed by atoms with Gasteiger partial charge in [-0.05, 0) is 24.6 Å². The van der Waals surface area contributed by atoms with Gasteiger partial charge in [-0.25, -0.2) is 0 Å². The molecule has 2 aromatic rings. The zero-order valence-corrected chi connectivity index (χ0v) is 13.8. The van der Waals surface area contributed by atoms with Gasteiger partial charge in [-0.2, -0.15) is 4.98 Å². The Kier molecular flexibility index (Phi) is 6.80. The number of halogens is 2. The van der Waals surface area contributed by atoms with E-state index in [1.165, 1.54) is 0 Å². The largest absolute Gasteiger partial charge is 0.342 e. The average molecular weight is 345 g/mol. The Balaban J connectivity index is 0.00000242. The summed E-state index contributed by atoms with van der Waals surface area (Å²) in [5.74, 6) is 0.658. The van der Waals surface area contributed by atoms with E-state index in [2.05, 4.69) is 15.5 Å². The Morgan fingerprint density at radius 3 is 2.55 bits per heavy atom. The van der Waals surface area contributed by atoms with Gasteiger partial charge in [-0.15, -0.1) is 12.4 Å². The molecule has 0 aliphatic heterocycles. The van der Waals surface area contributed by atoms with E-state index >= 15 is 0 Å². The standard InChI is InChI=1S/C14H17ClN4O2.ClH/c1-8(16)7-12(20)18-13(14-17-9(2)21-19-14)10-3-5-11(15)6-4-10;/h3-6,8,13H,7,16H2,1-2H3,(H,18,20);1H. The highest BCUT2D eigenvalue weighted by Crippen LogP contribution is 2.21. The van der Waals surface area contributed by atoms with Gasteiger partial charge < -0.3 is 15.6 Å². The monoisotopic (exact) mass is 344 g/mol. The fraction of sp³-hybridized carbons (Fsp3) is 0.357. The lowest BCUT2D eigenvalue weighted by Gasteiger charge is -2.16. The van der Waals surface area contributed by atoms with Crippen LogP contribution in [0.4, 0.5) is 0 Å². The lowest BCUT2D eigenvalue weighted by molar-refractivity contribution is -0.121. The fourth-order valence-electron chi connectivity index (χ4n) is 1.90. The minimum absolute atomic E-state index is 0. The highest BCUT2D eigenvalue weighted by molar-refractivity contribution is 6.30. The second-order valence-corrected chi connectivity index (χ2v) is 5.34. The molecular formula is C14H18Cl2N4O2. The molecule has 0 spiro atoms. The van der Waals surface area contributed by atoms with E-state index in [0.29, 0.717) is 16.7 Å². The molecule has 1 heterocycles. The molecule has 2 rings (SSSR count). The number of nitrogens with zero attached hydrogens (tertiary/aromatic N) is 2. The maximum absolute atomic E-state index is 12.0. The zero-order chi connectivity index (χ0) is 15.4. The van der Waals surface area contributed by atoms with Gasteiger partial charge in [0.15, 0.2) is 5.82 Å². The van der Waals surface area contributed by atoms with E-state index in [1.54, 1.807) is 26.0 Å². The van der Waals surface area contributed by atoms with E-state index in [9.17, 15) is 4.79 Å². The van der Waals surface area contributed by atoms with Crippen LogP contribution in [0.2, 0.25) is 5.02 Å². The van der Waals surface area contributed by atoms with Crippen molar-refractivity contribution < 1.29 is 9.32 Å². The number of benzene rings is 1. The summed E-state index contributed by atoms with van der Waals surface area (Å²) in [6.45, 7) is 3.47. The first kappa shape index (κ1) is 18.4. The fourth-order valence-corrected chi connectivity index (χ4v) is 2.02. The topological polar surface area (TPSA) is 94.0 Å². The average Bonchev–Trinajstić information content (AvgIpc) is 2.83. The normalized spacial score (nSPS) is 13.1. The third kappa shape index (κ3) is 4.98. The van der Waals surface area contributed by atoms with Crippen LogP contribution < -0.4 is 11.1 Å². The molecule has 1 amide bonds. The van der Waals surface area contributed by atoms with E-state index < -0.39 is 6.04 Å². The van der Waals surface area contributed by atoms with Crippen LogP contribution in [0.3, 0.4) is 0 Å². The van der Waals surface area contributed by atoms with Gasteiger partial charge in [0.05, 0.1) is 0 Å². The van der Waals surface area contributed by atoms with Gasteiger partial charge in [-0.1, -0.05) is 28.9 Å². The quantitative estimate of drug-likeness (QED) is 0.868. The van der Waals surface area contributed by atoms with Crippen LogP contribution in [0, 0.1) is 6.92 Å². The lowest BCUT2D eigenvalue weighted by atomic mass is 10.1. The molecule has 120 valence electrons. The molecule has 2 atom stereocenters. The summed E-state index contributed by atoms with van der Waals surface area (Å²) in [7, 11) is 0. The summed E-state index contributed by atoms with van der Waals surface area (Å²) in [6.07, 6.45) is 0.223. The number of carbonyl (C=O) groups excluding carboxylic acids is 1. The molecule has 0 aliphatic rings. The molecule has 0 fully saturated rings. The molecule has 6 nitrogen and oxygen atoms in total. The van der Waals surface area contributed by atoms with Crippen molar-refractivity contribution in [2.45, 2.75) is 32.4 Å². The van der Waals surface area contributed by atoms with E-state index in [0.717, 1.165) is 5.56 Å². The van der Waals surface area contributed by atoms with Crippen molar-refractivity contribution in [1.29, 1.82) is 0 Å². The van der Waals surface area contributed by atoms with Gasteiger partial charge in [-0.3, -0.25) is 4.79 Å². The summed E-state index contributed by atoms with van der Waals surface area (Å²) in [4.78, 5) is 16.2. The number of nitrogens with two attached hydrogens (primary N) is 1. The minimum atomic E-state index is -0.494. The summed E-state index contributed by atoms with van der Waals surface area (Å²) in [5.41, 5.74) is 6.46. The molecule has 22 heavy (non-hydrogen) atoms. The summed E-state index contributed by atoms with van der Waals surface area (Å²) >= 11 is 5.89. The predicted octanol–water partition coefficient (Wildman–Crippen LogP) is 2.40. The maximum Gasteiger partial charge on any atom is 0.223 e. The smallest absolute Gasteiger partial charge is 0.223 e. The number of aromatic nitrogens is 2. The molecular weight excluding hydrogens is 327 g/mol. The molecule has 0 radical (unpaired) electrons. The number of carbonyl (C=O) groups is 1. The van der Waals surface area contributed by atoms with Gasteiger partial charge in [0, 0.05) is 24.4 Å². The first-order valence-electron chi connectivity index (χ1n) is 6.56. The van der Waals surface area contributed by atoms with E-state index in [4.69, 9.17) is 21.9 Å². The van der Waals surface area contributed by atoms with Crippen LogP contribution in [-0.4, -0.2) is 22.1 Å². The van der Waals surface area contributed by atoms with Crippen molar-refractivity contribution in [3.05, 3.63) is 46.6 Å². The Labute approximate surface area is 139 Å². The van der Waals surface area contributed by atoms with E-state index in [-0.39, 0.29) is 30.8 Å². The van der Waals surface area contributed by atoms with Gasteiger partial charge in [0.2, 0.25) is 11.8 Å². The highest BCUT2D eigenvalue weighted by atomic mass is 35.5. The maximum atomic E-state index is 12.0. The molecule has 1 aromatic heterocycles. The first-order chi connectivity index (χ1) is 9.95. The molecule has 1 aromatic carbocycles. The molecule has 0 aliphatic carbocycles. The number of aryl methyl sites for hydroxylation is 1. The van der Waals surface area contributed by atoms with Crippen molar-refractivity contribution in [2.75, 3.05) is 0 Å². The van der Waals surface area contributed by atoms with Crippen LogP contribution in [-0.2, 0) is 4.79 Å². The molecule has 8 heteroatoms. The number of hydrogen-bond acceptors (Lipinski definition) is 5. The second-order valence-electron chi connectivity index (χ2n) is 4.91. The molecule has 0 bridgehead atoms. The highest BCUT2D eigenvalue weighted by Gasteiger charge is 2.22. The van der Waals surface area contributed by atoms with Gasteiger partial charge in [0.25, 0.3) is 0 Å².